The van der Waals surface area contributed by atoms with E-state index in [9.17, 15) is 0 Å². The summed E-state index contributed by atoms with van der Waals surface area (Å²) in [5.74, 6) is 7.29. The highest BCUT2D eigenvalue weighted by Crippen LogP contribution is 2.20. The maximum Gasteiger partial charge on any atom is 0.119 e. The van der Waals surface area contributed by atoms with Crippen molar-refractivity contribution in [3.63, 3.8) is 0 Å². The molecule has 4 nitrogen and oxygen atoms in total. The van der Waals surface area contributed by atoms with Crippen LogP contribution in [0.25, 0.3) is 0 Å². The van der Waals surface area contributed by atoms with Gasteiger partial charge in [-0.2, -0.15) is 0 Å². The van der Waals surface area contributed by atoms with Crippen molar-refractivity contribution in [3.05, 3.63) is 60.2 Å². The second-order valence-corrected chi connectivity index (χ2v) is 4.35. The van der Waals surface area contributed by atoms with E-state index in [1.54, 1.807) is 0 Å². The summed E-state index contributed by atoms with van der Waals surface area (Å²) < 4.78 is 11.2. The smallest absolute Gasteiger partial charge is 0.119 e. The van der Waals surface area contributed by atoms with E-state index in [0.717, 1.165) is 17.1 Å². The SMILES string of the molecule is CCOc1cccc(C(COc2ccccc2)NN)c1. The fourth-order valence-corrected chi connectivity index (χ4v) is 1.92. The van der Waals surface area contributed by atoms with Gasteiger partial charge < -0.3 is 9.47 Å². The van der Waals surface area contributed by atoms with Crippen LogP contribution in [0.2, 0.25) is 0 Å². The first-order chi connectivity index (χ1) is 9.83. The van der Waals surface area contributed by atoms with Crippen LogP contribution in [0.3, 0.4) is 0 Å². The average molecular weight is 272 g/mol. The maximum atomic E-state index is 5.73. The molecular weight excluding hydrogens is 252 g/mol. The molecule has 0 spiro atoms. The molecule has 1 atom stereocenters. The van der Waals surface area contributed by atoms with Gasteiger partial charge in [0.1, 0.15) is 18.1 Å². The number of benzene rings is 2. The van der Waals surface area contributed by atoms with Crippen LogP contribution in [0.15, 0.2) is 54.6 Å². The van der Waals surface area contributed by atoms with Crippen molar-refractivity contribution >= 4 is 0 Å². The van der Waals surface area contributed by atoms with Gasteiger partial charge >= 0.3 is 0 Å². The average Bonchev–Trinajstić information content (AvgIpc) is 2.50. The molecule has 0 radical (unpaired) electrons. The highest BCUT2D eigenvalue weighted by Gasteiger charge is 2.11. The minimum absolute atomic E-state index is 0.0874. The predicted molar refractivity (Wildman–Crippen MR) is 79.6 cm³/mol. The Labute approximate surface area is 119 Å². The van der Waals surface area contributed by atoms with E-state index >= 15 is 0 Å². The zero-order valence-corrected chi connectivity index (χ0v) is 11.6. The Bertz CT molecular complexity index is 517. The first-order valence-corrected chi connectivity index (χ1v) is 6.70. The number of nitrogens with one attached hydrogen (secondary N) is 1. The van der Waals surface area contributed by atoms with E-state index in [4.69, 9.17) is 15.3 Å². The summed E-state index contributed by atoms with van der Waals surface area (Å²) in [6.07, 6.45) is 0. The summed E-state index contributed by atoms with van der Waals surface area (Å²) in [4.78, 5) is 0. The zero-order chi connectivity index (χ0) is 14.2. The molecule has 0 fully saturated rings. The molecule has 0 saturated heterocycles. The lowest BCUT2D eigenvalue weighted by molar-refractivity contribution is 0.267. The molecule has 0 saturated carbocycles. The molecule has 0 aromatic heterocycles. The van der Waals surface area contributed by atoms with Crippen LogP contribution in [0, 0.1) is 0 Å². The van der Waals surface area contributed by atoms with E-state index in [-0.39, 0.29) is 6.04 Å². The molecule has 106 valence electrons. The third kappa shape index (κ3) is 3.98. The van der Waals surface area contributed by atoms with Crippen LogP contribution < -0.4 is 20.7 Å². The first-order valence-electron chi connectivity index (χ1n) is 6.70. The predicted octanol–water partition coefficient (Wildman–Crippen LogP) is 2.67. The number of rotatable bonds is 7. The molecule has 0 heterocycles. The Hall–Kier alpha value is -2.04. The van der Waals surface area contributed by atoms with Crippen molar-refractivity contribution in [2.45, 2.75) is 13.0 Å². The lowest BCUT2D eigenvalue weighted by Crippen LogP contribution is -2.32. The third-order valence-electron chi connectivity index (χ3n) is 2.93. The third-order valence-corrected chi connectivity index (χ3v) is 2.93. The fraction of sp³-hybridized carbons (Fsp3) is 0.250. The quantitative estimate of drug-likeness (QED) is 0.601. The maximum absolute atomic E-state index is 5.73. The summed E-state index contributed by atoms with van der Waals surface area (Å²) in [5.41, 5.74) is 3.81. The summed E-state index contributed by atoms with van der Waals surface area (Å²) in [6.45, 7) is 3.06. The molecule has 0 bridgehead atoms. The second kappa shape index (κ2) is 7.53. The van der Waals surface area contributed by atoms with Crippen molar-refractivity contribution in [2.75, 3.05) is 13.2 Å². The molecule has 2 aromatic carbocycles. The number of hydrogen-bond donors (Lipinski definition) is 2. The van der Waals surface area contributed by atoms with Gasteiger partial charge in [0, 0.05) is 0 Å². The zero-order valence-electron chi connectivity index (χ0n) is 11.6. The molecule has 1 unspecified atom stereocenters. The van der Waals surface area contributed by atoms with E-state index < -0.39 is 0 Å². The van der Waals surface area contributed by atoms with Crippen LogP contribution in [0.5, 0.6) is 11.5 Å². The largest absolute Gasteiger partial charge is 0.494 e. The number of hydrogen-bond acceptors (Lipinski definition) is 4. The van der Waals surface area contributed by atoms with Crippen LogP contribution >= 0.6 is 0 Å². The summed E-state index contributed by atoms with van der Waals surface area (Å²) in [6, 6.07) is 17.4. The van der Waals surface area contributed by atoms with E-state index in [2.05, 4.69) is 5.43 Å². The topological polar surface area (TPSA) is 56.5 Å². The minimum atomic E-state index is -0.0874. The van der Waals surface area contributed by atoms with Gasteiger partial charge in [-0.05, 0) is 36.8 Å². The van der Waals surface area contributed by atoms with Gasteiger partial charge in [0.15, 0.2) is 0 Å². The summed E-state index contributed by atoms with van der Waals surface area (Å²) in [7, 11) is 0. The number of para-hydroxylation sites is 1. The molecule has 2 rings (SSSR count). The lowest BCUT2D eigenvalue weighted by Gasteiger charge is -2.18. The Kier molecular flexibility index (Phi) is 5.41. The van der Waals surface area contributed by atoms with Gasteiger partial charge in [0.25, 0.3) is 0 Å². The van der Waals surface area contributed by atoms with E-state index in [1.807, 2.05) is 61.5 Å². The van der Waals surface area contributed by atoms with Crippen LogP contribution in [0.1, 0.15) is 18.5 Å². The standard InChI is InChI=1S/C16H20N2O2/c1-2-19-15-10-6-7-13(11-15)16(18-17)12-20-14-8-4-3-5-9-14/h3-11,16,18H,2,12,17H2,1H3. The molecule has 0 aliphatic rings. The summed E-state index contributed by atoms with van der Waals surface area (Å²) in [5, 5.41) is 0. The molecule has 2 aromatic rings. The Morgan fingerprint density at radius 3 is 2.45 bits per heavy atom. The fourth-order valence-electron chi connectivity index (χ4n) is 1.92. The van der Waals surface area contributed by atoms with Crippen LogP contribution in [0.4, 0.5) is 0 Å². The molecule has 20 heavy (non-hydrogen) atoms. The van der Waals surface area contributed by atoms with Crippen molar-refractivity contribution < 1.29 is 9.47 Å². The van der Waals surface area contributed by atoms with Crippen molar-refractivity contribution in [3.8, 4) is 11.5 Å². The molecule has 0 aliphatic carbocycles. The van der Waals surface area contributed by atoms with Gasteiger partial charge in [0.2, 0.25) is 0 Å². The van der Waals surface area contributed by atoms with Gasteiger partial charge in [-0.1, -0.05) is 30.3 Å². The van der Waals surface area contributed by atoms with E-state index in [0.29, 0.717) is 13.2 Å². The van der Waals surface area contributed by atoms with Crippen LogP contribution in [-0.4, -0.2) is 13.2 Å². The monoisotopic (exact) mass is 272 g/mol. The van der Waals surface area contributed by atoms with Gasteiger partial charge in [-0.25, -0.2) is 5.43 Å². The van der Waals surface area contributed by atoms with Crippen molar-refractivity contribution in [2.24, 2.45) is 5.84 Å². The summed E-state index contributed by atoms with van der Waals surface area (Å²) >= 11 is 0. The molecule has 3 N–H and O–H groups in total. The highest BCUT2D eigenvalue weighted by atomic mass is 16.5. The Morgan fingerprint density at radius 2 is 1.75 bits per heavy atom. The van der Waals surface area contributed by atoms with Crippen LogP contribution in [-0.2, 0) is 0 Å². The number of nitrogens with two attached hydrogens (primary N) is 1. The number of hydrazine groups is 1. The van der Waals surface area contributed by atoms with Crippen molar-refractivity contribution in [1.82, 2.24) is 5.43 Å². The minimum Gasteiger partial charge on any atom is -0.494 e. The molecular formula is C16H20N2O2. The second-order valence-electron chi connectivity index (χ2n) is 4.35. The normalized spacial score (nSPS) is 11.9. The molecule has 4 heteroatoms. The highest BCUT2D eigenvalue weighted by molar-refractivity contribution is 5.31. The lowest BCUT2D eigenvalue weighted by atomic mass is 10.1. The van der Waals surface area contributed by atoms with Gasteiger partial charge in [-0.3, -0.25) is 5.84 Å². The Morgan fingerprint density at radius 1 is 1.00 bits per heavy atom. The van der Waals surface area contributed by atoms with Gasteiger partial charge in [-0.15, -0.1) is 0 Å². The van der Waals surface area contributed by atoms with Crippen molar-refractivity contribution in [1.29, 1.82) is 0 Å². The Balaban J connectivity index is 2.02. The first kappa shape index (κ1) is 14.4. The molecule has 0 amide bonds. The van der Waals surface area contributed by atoms with E-state index in [1.165, 1.54) is 0 Å². The number of ether oxygens (including phenoxy) is 2. The van der Waals surface area contributed by atoms with Gasteiger partial charge in [0.05, 0.1) is 12.6 Å². The molecule has 0 aliphatic heterocycles.